The first-order chi connectivity index (χ1) is 19.3. The van der Waals surface area contributed by atoms with Crippen LogP contribution in [0.5, 0.6) is 5.75 Å². The number of rotatable bonds is 10. The second-order valence-electron chi connectivity index (χ2n) is 8.65. The van der Waals surface area contributed by atoms with Crippen LogP contribution >= 0.6 is 0 Å². The summed E-state index contributed by atoms with van der Waals surface area (Å²) in [5.41, 5.74) is 2.42. The molecule has 1 amide bonds. The van der Waals surface area contributed by atoms with E-state index in [1.54, 1.807) is 73.3 Å². The van der Waals surface area contributed by atoms with Crippen LogP contribution in [0.15, 0.2) is 95.5 Å². The third-order valence-electron chi connectivity index (χ3n) is 6.23. The fraction of sp³-hybridized carbons (Fsp3) is 0.167. The molecule has 1 N–H and O–H groups in total. The van der Waals surface area contributed by atoms with Crippen molar-refractivity contribution in [2.24, 2.45) is 0 Å². The zero-order valence-corrected chi connectivity index (χ0v) is 23.2. The van der Waals surface area contributed by atoms with Crippen molar-refractivity contribution in [3.8, 4) is 28.8 Å². The van der Waals surface area contributed by atoms with Gasteiger partial charge in [-0.25, -0.2) is 13.1 Å². The quantitative estimate of drug-likeness (QED) is 0.214. The van der Waals surface area contributed by atoms with Crippen molar-refractivity contribution in [1.29, 1.82) is 5.26 Å². The van der Waals surface area contributed by atoms with Crippen molar-refractivity contribution in [2.45, 2.75) is 18.7 Å². The second-order valence-corrected chi connectivity index (χ2v) is 10.6. The van der Waals surface area contributed by atoms with Crippen LogP contribution < -0.4 is 10.1 Å². The number of sulfonamides is 1. The number of hydrogen-bond donors (Lipinski definition) is 1. The topological polar surface area (TPSA) is 117 Å². The number of ether oxygens (including phenoxy) is 1. The molecule has 0 radical (unpaired) electrons. The molecule has 0 saturated heterocycles. The summed E-state index contributed by atoms with van der Waals surface area (Å²) in [6.45, 7) is 4.25. The minimum absolute atomic E-state index is 0.132. The first-order valence-electron chi connectivity index (χ1n) is 12.6. The Morgan fingerprint density at radius 3 is 2.42 bits per heavy atom. The van der Waals surface area contributed by atoms with Crippen LogP contribution in [0, 0.1) is 11.3 Å². The van der Waals surface area contributed by atoms with E-state index in [1.165, 1.54) is 17.5 Å². The number of nitrogens with zero attached hydrogens (tertiary/aromatic N) is 4. The van der Waals surface area contributed by atoms with Crippen molar-refractivity contribution in [2.75, 3.05) is 25.5 Å². The van der Waals surface area contributed by atoms with Crippen LogP contribution in [0.1, 0.15) is 19.4 Å². The molecular weight excluding hydrogens is 526 g/mol. The van der Waals surface area contributed by atoms with Gasteiger partial charge in [0, 0.05) is 30.4 Å². The molecule has 40 heavy (non-hydrogen) atoms. The molecular formula is C30H29N5O4S. The summed E-state index contributed by atoms with van der Waals surface area (Å²) in [6.07, 6.45) is 3.14. The summed E-state index contributed by atoms with van der Waals surface area (Å²) >= 11 is 0. The fourth-order valence-corrected chi connectivity index (χ4v) is 5.69. The van der Waals surface area contributed by atoms with Crippen molar-refractivity contribution in [1.82, 2.24) is 14.1 Å². The molecule has 0 saturated carbocycles. The molecule has 4 aromatic rings. The number of hydrogen-bond acceptors (Lipinski definition) is 6. The molecule has 4 rings (SSSR count). The third kappa shape index (κ3) is 5.96. The van der Waals surface area contributed by atoms with E-state index in [1.807, 2.05) is 36.4 Å². The van der Waals surface area contributed by atoms with E-state index in [4.69, 9.17) is 9.84 Å². The van der Waals surface area contributed by atoms with Gasteiger partial charge in [0.15, 0.2) is 0 Å². The predicted octanol–water partition coefficient (Wildman–Crippen LogP) is 5.12. The molecule has 1 heterocycles. The number of amides is 1. The summed E-state index contributed by atoms with van der Waals surface area (Å²) in [5.74, 6) is -0.166. The van der Waals surface area contributed by atoms with E-state index < -0.39 is 15.9 Å². The predicted molar refractivity (Wildman–Crippen MR) is 154 cm³/mol. The van der Waals surface area contributed by atoms with Crippen molar-refractivity contribution in [3.05, 3.63) is 96.2 Å². The Labute approximate surface area is 234 Å². The van der Waals surface area contributed by atoms with Crippen LogP contribution in [-0.2, 0) is 14.8 Å². The Kier molecular flexibility index (Phi) is 8.79. The lowest BCUT2D eigenvalue weighted by Crippen LogP contribution is -2.30. The van der Waals surface area contributed by atoms with Gasteiger partial charge in [-0.3, -0.25) is 4.79 Å². The lowest BCUT2D eigenvalue weighted by atomic mass is 10.1. The van der Waals surface area contributed by atoms with Crippen LogP contribution in [0.2, 0.25) is 0 Å². The van der Waals surface area contributed by atoms with Crippen LogP contribution in [-0.4, -0.2) is 48.6 Å². The number of benzene rings is 3. The van der Waals surface area contributed by atoms with Gasteiger partial charge in [0.05, 0.1) is 23.4 Å². The van der Waals surface area contributed by atoms with Crippen LogP contribution in [0.3, 0.4) is 0 Å². The van der Waals surface area contributed by atoms with E-state index in [9.17, 15) is 18.5 Å². The third-order valence-corrected chi connectivity index (χ3v) is 8.28. The highest BCUT2D eigenvalue weighted by atomic mass is 32.2. The largest absolute Gasteiger partial charge is 0.495 e. The maximum atomic E-state index is 13.2. The van der Waals surface area contributed by atoms with E-state index in [2.05, 4.69) is 5.32 Å². The number of nitriles is 1. The number of anilines is 1. The van der Waals surface area contributed by atoms with Gasteiger partial charge in [-0.15, -0.1) is 0 Å². The second kappa shape index (κ2) is 12.4. The molecule has 9 nitrogen and oxygen atoms in total. The Morgan fingerprint density at radius 2 is 1.75 bits per heavy atom. The van der Waals surface area contributed by atoms with Crippen molar-refractivity contribution < 1.29 is 17.9 Å². The molecule has 0 spiro atoms. The number of carbonyl (C=O) groups excluding carboxylic acids is 1. The number of carbonyl (C=O) groups is 1. The van der Waals surface area contributed by atoms with Crippen molar-refractivity contribution in [3.63, 3.8) is 0 Å². The monoisotopic (exact) mass is 555 g/mol. The molecule has 204 valence electrons. The smallest absolute Gasteiger partial charge is 0.266 e. The van der Waals surface area contributed by atoms with Gasteiger partial charge >= 0.3 is 0 Å². The lowest BCUT2D eigenvalue weighted by Gasteiger charge is -2.18. The highest BCUT2D eigenvalue weighted by Gasteiger charge is 2.23. The highest BCUT2D eigenvalue weighted by molar-refractivity contribution is 7.89. The Balaban J connectivity index is 1.81. The first kappa shape index (κ1) is 28.3. The molecule has 0 aliphatic heterocycles. The average molecular weight is 556 g/mol. The molecule has 0 aliphatic carbocycles. The van der Waals surface area contributed by atoms with Gasteiger partial charge in [-0.05, 0) is 42.5 Å². The average Bonchev–Trinajstić information content (AvgIpc) is 3.41. The standard InChI is InChI=1S/C30H29N5O4S/c1-4-34(5-2)40(37,38)26-15-11-12-22(19-26)29-24(21-35(33-29)25-13-7-6-8-14-25)18-23(20-31)30(36)32-27-16-9-10-17-28(27)39-3/h6-19,21H,4-5H2,1-3H3,(H,32,36)/b23-18+. The van der Waals surface area contributed by atoms with Gasteiger partial charge in [0.25, 0.3) is 5.91 Å². The highest BCUT2D eigenvalue weighted by Crippen LogP contribution is 2.29. The SMILES string of the molecule is CCN(CC)S(=O)(=O)c1cccc(-c2nn(-c3ccccc3)cc2/C=C(\C#N)C(=O)Nc2ccccc2OC)c1. The van der Waals surface area contributed by atoms with Gasteiger partial charge in [0.2, 0.25) is 10.0 Å². The molecule has 10 heteroatoms. The molecule has 3 aromatic carbocycles. The van der Waals surface area contributed by atoms with Gasteiger partial charge < -0.3 is 10.1 Å². The number of methoxy groups -OCH3 is 1. The fourth-order valence-electron chi connectivity index (χ4n) is 4.19. The van der Waals surface area contributed by atoms with Gasteiger partial charge in [-0.1, -0.05) is 56.3 Å². The lowest BCUT2D eigenvalue weighted by molar-refractivity contribution is -0.112. The van der Waals surface area contributed by atoms with E-state index in [0.717, 1.165) is 5.69 Å². The molecule has 0 bridgehead atoms. The van der Waals surface area contributed by atoms with Crippen LogP contribution in [0.4, 0.5) is 5.69 Å². The normalized spacial score (nSPS) is 11.7. The number of para-hydroxylation sites is 3. The zero-order valence-electron chi connectivity index (χ0n) is 22.4. The summed E-state index contributed by atoms with van der Waals surface area (Å²) in [7, 11) is -2.23. The van der Waals surface area contributed by atoms with Gasteiger partial charge in [0.1, 0.15) is 23.1 Å². The van der Waals surface area contributed by atoms with Crippen LogP contribution in [0.25, 0.3) is 23.0 Å². The molecule has 0 atom stereocenters. The maximum absolute atomic E-state index is 13.2. The Bertz CT molecular complexity index is 1680. The Morgan fingerprint density at radius 1 is 1.05 bits per heavy atom. The summed E-state index contributed by atoms with van der Waals surface area (Å²) in [6, 6.07) is 24.7. The minimum atomic E-state index is -3.72. The number of nitrogens with one attached hydrogen (secondary N) is 1. The Hall–Kier alpha value is -4.72. The van der Waals surface area contributed by atoms with E-state index >= 15 is 0 Å². The number of aromatic nitrogens is 2. The molecule has 1 aromatic heterocycles. The minimum Gasteiger partial charge on any atom is -0.495 e. The summed E-state index contributed by atoms with van der Waals surface area (Å²) in [5, 5.41) is 17.3. The zero-order chi connectivity index (χ0) is 28.7. The van der Waals surface area contributed by atoms with Gasteiger partial charge in [-0.2, -0.15) is 14.7 Å². The maximum Gasteiger partial charge on any atom is 0.266 e. The summed E-state index contributed by atoms with van der Waals surface area (Å²) < 4.78 is 34.7. The first-order valence-corrected chi connectivity index (χ1v) is 14.1. The summed E-state index contributed by atoms with van der Waals surface area (Å²) in [4.78, 5) is 13.2. The molecule has 0 unspecified atom stereocenters. The van der Waals surface area contributed by atoms with E-state index in [-0.39, 0.29) is 10.5 Å². The van der Waals surface area contributed by atoms with E-state index in [0.29, 0.717) is 41.3 Å². The molecule has 0 fully saturated rings. The van der Waals surface area contributed by atoms with Crippen molar-refractivity contribution >= 4 is 27.7 Å². The molecule has 0 aliphatic rings.